The van der Waals surface area contributed by atoms with E-state index in [2.05, 4.69) is 36.4 Å². The second-order valence-corrected chi connectivity index (χ2v) is 24.1. The van der Waals surface area contributed by atoms with Crippen molar-refractivity contribution < 1.29 is 134 Å². The Labute approximate surface area is 524 Å². The Balaban J connectivity index is 0.000000326. The van der Waals surface area contributed by atoms with E-state index in [1.807, 2.05) is 57.2 Å². The van der Waals surface area contributed by atoms with Crippen molar-refractivity contribution in [2.75, 3.05) is 59.5 Å². The third kappa shape index (κ3) is 19.2. The molecule has 0 saturated carbocycles. The molecule has 0 spiro atoms. The van der Waals surface area contributed by atoms with Crippen LogP contribution >= 0.6 is 0 Å². The second-order valence-electron chi connectivity index (χ2n) is 20.0. The first kappa shape index (κ1) is 75.7. The van der Waals surface area contributed by atoms with Gasteiger partial charge in [-0.3, -0.25) is 0 Å². The number of alkyl halides is 24. The van der Waals surface area contributed by atoms with Crippen LogP contribution in [0.1, 0.15) is 65.3 Å². The summed E-state index contributed by atoms with van der Waals surface area (Å²) in [5.41, 5.74) is -30.2. The molecule has 7 aromatic carbocycles. The molecule has 0 amide bonds. The molecule has 512 valence electrons. The molecule has 0 radical (unpaired) electrons. The average Bonchev–Trinajstić information content (AvgIpc) is 0.709. The summed E-state index contributed by atoms with van der Waals surface area (Å²) in [5.74, 6) is 2.58. The number of hydrogen-bond acceptors (Lipinski definition) is 6. The molecule has 32 heteroatoms. The number of hydrogen-bond donors (Lipinski definition) is 0. The minimum absolute atomic E-state index is 0.489. The molecule has 0 N–H and O–H groups in total. The largest absolute Gasteiger partial charge is 0.416 e. The molecule has 0 aliphatic carbocycles. The van der Waals surface area contributed by atoms with E-state index in [1.165, 1.54) is 0 Å². The van der Waals surface area contributed by atoms with Crippen LogP contribution in [0.2, 0.25) is 0 Å². The Morgan fingerprint density at radius 1 is 0.266 bits per heavy atom. The van der Waals surface area contributed by atoms with Gasteiger partial charge in [-0.1, -0.05) is 48.5 Å². The Bertz CT molecular complexity index is 3080. The molecule has 0 aliphatic rings. The van der Waals surface area contributed by atoms with Crippen LogP contribution in [0, 0.1) is 0 Å². The first-order valence-electron chi connectivity index (χ1n) is 27.5. The van der Waals surface area contributed by atoms with E-state index in [0.717, 1.165) is 30.6 Å². The zero-order chi connectivity index (χ0) is 70.0. The van der Waals surface area contributed by atoms with Crippen molar-refractivity contribution in [3.05, 3.63) is 190 Å². The number of halogens is 24. The molecule has 94 heavy (non-hydrogen) atoms. The van der Waals surface area contributed by atoms with Crippen LogP contribution in [0.4, 0.5) is 105 Å². The second kappa shape index (κ2) is 30.2. The summed E-state index contributed by atoms with van der Waals surface area (Å²) in [5, 5.41) is 0. The van der Waals surface area contributed by atoms with Gasteiger partial charge in [0.2, 0.25) is 0 Å². The van der Waals surface area contributed by atoms with Crippen molar-refractivity contribution >= 4 is 55.3 Å². The third-order valence-corrected chi connectivity index (χ3v) is 18.6. The normalized spacial score (nSPS) is 13.0. The minimum atomic E-state index is -6.13. The smallest absolute Gasteiger partial charge is 0.194 e. The molecule has 0 fully saturated rings. The van der Waals surface area contributed by atoms with Gasteiger partial charge in [0, 0.05) is 0 Å². The maximum absolute atomic E-state index is 14.2. The van der Waals surface area contributed by atoms with Gasteiger partial charge in [0.1, 0.15) is 6.15 Å². The van der Waals surface area contributed by atoms with E-state index in [-0.39, 0.29) is 0 Å². The predicted molar refractivity (Wildman–Crippen MR) is 300 cm³/mol. The zero-order valence-corrected chi connectivity index (χ0v) is 50.4. The SMILES string of the molecule is CCOCCOc1ccccc1[Se+](c1ccccc1OCCOCC)c1ccccc1OCCOCC.FC(F)(F)c1cc([B-](c2cc(C(F)(F)F)cc(C(F)(F)F)c2)(c2cc(C(F)(F)F)cc(C(F)(F)F)c2)c2cc(C(F)(F)F)cc(C(F)(F)F)c2)cc(C(F)(F)F)c1. The van der Waals surface area contributed by atoms with Crippen LogP contribution in [0.15, 0.2) is 146 Å². The van der Waals surface area contributed by atoms with E-state index in [1.54, 1.807) is 0 Å². The van der Waals surface area contributed by atoms with Crippen LogP contribution < -0.4 is 49.4 Å². The van der Waals surface area contributed by atoms with E-state index < -0.39 is 209 Å². The molecule has 0 aromatic heterocycles. The monoisotopic (exact) mass is 1440 g/mol. The van der Waals surface area contributed by atoms with E-state index in [4.69, 9.17) is 28.4 Å². The zero-order valence-electron chi connectivity index (χ0n) is 48.7. The Kier molecular flexibility index (Phi) is 24.3. The molecule has 0 bridgehead atoms. The summed E-state index contributed by atoms with van der Waals surface area (Å²) in [6.45, 7) is 11.1. The van der Waals surface area contributed by atoms with Gasteiger partial charge < -0.3 is 0 Å². The first-order chi connectivity index (χ1) is 43.6. The first-order valence-corrected chi connectivity index (χ1v) is 30.1. The quantitative estimate of drug-likeness (QED) is 0.0383. The van der Waals surface area contributed by atoms with Gasteiger partial charge in [-0.25, -0.2) is 0 Å². The van der Waals surface area contributed by atoms with E-state index in [0.29, 0.717) is 59.5 Å². The van der Waals surface area contributed by atoms with Crippen molar-refractivity contribution in [1.82, 2.24) is 0 Å². The van der Waals surface area contributed by atoms with Crippen molar-refractivity contribution in [2.45, 2.75) is 70.2 Å². The maximum atomic E-state index is 14.2. The number of rotatable bonds is 22. The summed E-state index contributed by atoms with van der Waals surface area (Å²) in [6.07, 6.45) is -54.8. The third-order valence-electron chi connectivity index (χ3n) is 13.7. The van der Waals surface area contributed by atoms with Gasteiger partial charge >= 0.3 is 275 Å². The Morgan fingerprint density at radius 2 is 0.447 bits per heavy atom. The summed E-state index contributed by atoms with van der Waals surface area (Å²) >= 11 is -1.91. The molecular formula is C62H51BF24O6Se. The molecule has 0 saturated heterocycles. The van der Waals surface area contributed by atoms with Crippen LogP contribution in [0.25, 0.3) is 0 Å². The van der Waals surface area contributed by atoms with Crippen LogP contribution in [0.3, 0.4) is 0 Å². The molecule has 7 aromatic rings. The molecule has 7 rings (SSSR count). The fourth-order valence-electron chi connectivity index (χ4n) is 9.70. The van der Waals surface area contributed by atoms with Crippen LogP contribution in [0.5, 0.6) is 17.2 Å². The van der Waals surface area contributed by atoms with Crippen molar-refractivity contribution in [2.24, 2.45) is 0 Å². The fourth-order valence-corrected chi connectivity index (χ4v) is 14.6. The molecule has 0 aliphatic heterocycles. The number of para-hydroxylation sites is 3. The van der Waals surface area contributed by atoms with Crippen molar-refractivity contribution in [3.8, 4) is 17.2 Å². The number of ether oxygens (including phenoxy) is 6. The van der Waals surface area contributed by atoms with Gasteiger partial charge in [-0.2, -0.15) is 127 Å². The van der Waals surface area contributed by atoms with Gasteiger partial charge in [0.15, 0.2) is 0 Å². The summed E-state index contributed by atoms with van der Waals surface area (Å²) < 4.78 is 380. The summed E-state index contributed by atoms with van der Waals surface area (Å²) in [4.78, 5) is 0. The fraction of sp³-hybridized carbons (Fsp3) is 0.323. The predicted octanol–water partition coefficient (Wildman–Crippen LogP) is 14.7. The van der Waals surface area contributed by atoms with Crippen LogP contribution in [-0.4, -0.2) is 79.5 Å². The standard InChI is InChI=1S/C32H12BF24.C30H39O6Se/c34-25(35,36)13-1-14(26(37,38)39)6-21(5-13)33(22-7-15(27(40,41)42)2-16(8-22)28(43,44)45,23-9-17(29(46,47)48)3-18(10-23)30(49,50)51)24-11-19(31(52,53)54)4-20(12-24)32(55,56)57;1-4-31-19-22-34-25-13-7-10-16-28(25)37(29-17-11-8-14-26(29)35-23-20-32-5-2)30-18-12-9-15-27(30)36-24-21-33-6-3/h1-12H;7-18H,4-6,19-24H2,1-3H3/q-1;+1. The van der Waals surface area contributed by atoms with E-state index in [9.17, 15) is 105 Å². The Hall–Kier alpha value is -7.28. The molecular weight excluding hydrogens is 1390 g/mol. The summed E-state index contributed by atoms with van der Waals surface area (Å²) in [6, 6.07) is 16.0. The van der Waals surface area contributed by atoms with Gasteiger partial charge in [0.05, 0.1) is 44.5 Å². The summed E-state index contributed by atoms with van der Waals surface area (Å²) in [7, 11) is 0. The van der Waals surface area contributed by atoms with Crippen molar-refractivity contribution in [1.29, 1.82) is 0 Å². The molecule has 0 unspecified atom stereocenters. The molecule has 0 atom stereocenters. The van der Waals surface area contributed by atoms with Crippen molar-refractivity contribution in [3.63, 3.8) is 0 Å². The molecule has 6 nitrogen and oxygen atoms in total. The van der Waals surface area contributed by atoms with E-state index >= 15 is 0 Å². The topological polar surface area (TPSA) is 55.4 Å². The molecule has 0 heterocycles. The van der Waals surface area contributed by atoms with Gasteiger partial charge in [-0.05, 0) is 24.3 Å². The number of benzene rings is 7. The maximum Gasteiger partial charge on any atom is 0.416 e. The van der Waals surface area contributed by atoms with Crippen LogP contribution in [-0.2, 0) is 63.6 Å². The Morgan fingerprint density at radius 3 is 0.617 bits per heavy atom. The minimum Gasteiger partial charge on any atom is -0.194 e. The van der Waals surface area contributed by atoms with Gasteiger partial charge in [0.25, 0.3) is 0 Å². The average molecular weight is 1440 g/mol. The van der Waals surface area contributed by atoms with Gasteiger partial charge in [-0.15, -0.1) is 0 Å².